The van der Waals surface area contributed by atoms with Crippen molar-refractivity contribution in [2.24, 2.45) is 39.9 Å². The van der Waals surface area contributed by atoms with E-state index in [9.17, 15) is 5.11 Å². The van der Waals surface area contributed by atoms with Gasteiger partial charge in [0.1, 0.15) is 0 Å². The summed E-state index contributed by atoms with van der Waals surface area (Å²) in [6, 6.07) is 0. The van der Waals surface area contributed by atoms with Crippen LogP contribution in [0.3, 0.4) is 0 Å². The van der Waals surface area contributed by atoms with Crippen molar-refractivity contribution in [3.63, 3.8) is 0 Å². The molecule has 5 fully saturated rings. The third-order valence-corrected chi connectivity index (χ3v) is 10.4. The van der Waals surface area contributed by atoms with E-state index in [1.807, 2.05) is 0 Å². The second kappa shape index (κ2) is 6.84. The number of ether oxygens (including phenoxy) is 2. The van der Waals surface area contributed by atoms with E-state index in [1.54, 1.807) is 0 Å². The number of aliphatic hydroxyl groups is 1. The highest BCUT2D eigenvalue weighted by Gasteiger charge is 2.69. The summed E-state index contributed by atoms with van der Waals surface area (Å²) in [5.74, 6) is 1.73. The Labute approximate surface area is 182 Å². The standard InChI is InChI=1S/C24H40O4S/c1-21(2)13-26-24(27-14-21)10-8-18-17-6-5-15-11-16(28-29)7-9-22(15,3)20(17)19(25)12-23(18,24)4/h15-20,25,29H,5-14H2,1-4H3/t15-,16?,17-,18-,19-,20+,22-,23-/m0/s1. The maximum Gasteiger partial charge on any atom is 0.173 e. The lowest BCUT2D eigenvalue weighted by molar-refractivity contribution is -0.353. The van der Waals surface area contributed by atoms with Crippen LogP contribution in [-0.4, -0.2) is 36.3 Å². The fraction of sp³-hybridized carbons (Fsp3) is 1.00. The molecular formula is C24H40O4S. The molecular weight excluding hydrogens is 384 g/mol. The lowest BCUT2D eigenvalue weighted by Crippen LogP contribution is -2.64. The minimum absolute atomic E-state index is 0.0781. The Bertz CT molecular complexity index is 643. The molecule has 4 aliphatic carbocycles. The topological polar surface area (TPSA) is 47.9 Å². The first-order chi connectivity index (χ1) is 13.6. The van der Waals surface area contributed by atoms with E-state index in [0.717, 1.165) is 45.3 Å². The Morgan fingerprint density at radius 2 is 1.69 bits per heavy atom. The molecule has 4 saturated carbocycles. The van der Waals surface area contributed by atoms with Crippen LogP contribution < -0.4 is 0 Å². The SMILES string of the molecule is CC1(C)COC2(CC[C@H]3[C@@H]4CC[C@H]5CC(OS)CC[C@]5(C)[C@H]4[C@@H](O)C[C@@]32C)OC1. The zero-order valence-corrected chi connectivity index (χ0v) is 19.5. The Kier molecular flexibility index (Phi) is 4.97. The van der Waals surface area contributed by atoms with Gasteiger partial charge in [-0.05, 0) is 86.9 Å². The van der Waals surface area contributed by atoms with Gasteiger partial charge in [-0.1, -0.05) is 27.7 Å². The molecule has 166 valence electrons. The molecule has 1 N–H and O–H groups in total. The Hall–Kier alpha value is 0.190. The van der Waals surface area contributed by atoms with Gasteiger partial charge >= 0.3 is 0 Å². The van der Waals surface area contributed by atoms with Crippen molar-refractivity contribution in [1.29, 1.82) is 0 Å². The van der Waals surface area contributed by atoms with Crippen LogP contribution in [0.15, 0.2) is 0 Å². The molecule has 4 nitrogen and oxygen atoms in total. The first kappa shape index (κ1) is 21.1. The fourth-order valence-electron chi connectivity index (χ4n) is 8.57. The van der Waals surface area contributed by atoms with E-state index in [2.05, 4.69) is 40.6 Å². The van der Waals surface area contributed by atoms with Crippen molar-refractivity contribution in [3.8, 4) is 0 Å². The van der Waals surface area contributed by atoms with Crippen LogP contribution in [0.4, 0.5) is 0 Å². The molecule has 1 unspecified atom stereocenters. The highest BCUT2D eigenvalue weighted by molar-refractivity contribution is 7.75. The Balaban J connectivity index is 1.43. The van der Waals surface area contributed by atoms with Crippen molar-refractivity contribution >= 4 is 12.9 Å². The highest BCUT2D eigenvalue weighted by Crippen LogP contribution is 2.69. The molecule has 8 atom stereocenters. The van der Waals surface area contributed by atoms with E-state index in [1.165, 1.54) is 19.3 Å². The number of hydrogen-bond donors (Lipinski definition) is 2. The second-order valence-corrected chi connectivity index (χ2v) is 12.5. The zero-order valence-electron chi connectivity index (χ0n) is 18.7. The van der Waals surface area contributed by atoms with Crippen LogP contribution in [0.5, 0.6) is 0 Å². The number of aliphatic hydroxyl groups excluding tert-OH is 1. The molecule has 5 aliphatic rings. The molecule has 29 heavy (non-hydrogen) atoms. The number of thiol groups is 1. The van der Waals surface area contributed by atoms with Gasteiger partial charge in [0.05, 0.1) is 25.4 Å². The number of hydrogen-bond acceptors (Lipinski definition) is 5. The molecule has 0 amide bonds. The van der Waals surface area contributed by atoms with E-state index in [0.29, 0.717) is 23.7 Å². The summed E-state index contributed by atoms with van der Waals surface area (Å²) >= 11 is 4.11. The minimum atomic E-state index is -0.492. The van der Waals surface area contributed by atoms with Gasteiger partial charge in [-0.2, -0.15) is 0 Å². The molecule has 0 aromatic heterocycles. The van der Waals surface area contributed by atoms with Crippen molar-refractivity contribution in [2.45, 2.75) is 97.1 Å². The van der Waals surface area contributed by atoms with Crippen LogP contribution >= 0.6 is 12.9 Å². The smallest absolute Gasteiger partial charge is 0.173 e. The van der Waals surface area contributed by atoms with Gasteiger partial charge in [0.2, 0.25) is 0 Å². The monoisotopic (exact) mass is 424 g/mol. The van der Waals surface area contributed by atoms with Crippen LogP contribution in [0.1, 0.15) is 79.1 Å². The molecule has 0 aromatic carbocycles. The summed E-state index contributed by atoms with van der Waals surface area (Å²) < 4.78 is 18.5. The van der Waals surface area contributed by atoms with Crippen molar-refractivity contribution in [2.75, 3.05) is 13.2 Å². The van der Waals surface area contributed by atoms with Crippen LogP contribution in [0.25, 0.3) is 0 Å². The molecule has 1 spiro atoms. The molecule has 0 bridgehead atoms. The van der Waals surface area contributed by atoms with Crippen molar-refractivity contribution in [3.05, 3.63) is 0 Å². The van der Waals surface area contributed by atoms with E-state index < -0.39 is 5.79 Å². The highest BCUT2D eigenvalue weighted by atomic mass is 32.1. The normalized spacial score (nSPS) is 53.2. The molecule has 5 heteroatoms. The molecule has 1 aliphatic heterocycles. The van der Waals surface area contributed by atoms with Crippen molar-refractivity contribution < 1.29 is 18.8 Å². The van der Waals surface area contributed by atoms with E-state index >= 15 is 0 Å². The summed E-state index contributed by atoms with van der Waals surface area (Å²) in [5.41, 5.74) is 0.214. The summed E-state index contributed by atoms with van der Waals surface area (Å²) in [6.07, 6.45) is 8.79. The lowest BCUT2D eigenvalue weighted by Gasteiger charge is -2.63. The fourth-order valence-corrected chi connectivity index (χ4v) is 8.76. The molecule has 1 heterocycles. The van der Waals surface area contributed by atoms with Crippen LogP contribution in [0, 0.1) is 39.9 Å². The maximum absolute atomic E-state index is 11.6. The zero-order chi connectivity index (χ0) is 20.7. The lowest BCUT2D eigenvalue weighted by atomic mass is 9.44. The summed E-state index contributed by atoms with van der Waals surface area (Å²) in [6.45, 7) is 10.8. The van der Waals surface area contributed by atoms with E-state index in [-0.39, 0.29) is 28.5 Å². The van der Waals surface area contributed by atoms with Gasteiger partial charge < -0.3 is 18.8 Å². The summed E-state index contributed by atoms with van der Waals surface area (Å²) in [5, 5.41) is 11.6. The predicted octanol–water partition coefficient (Wildman–Crippen LogP) is 5.00. The van der Waals surface area contributed by atoms with Gasteiger partial charge in [0.15, 0.2) is 5.79 Å². The first-order valence-corrected chi connectivity index (χ1v) is 12.3. The third-order valence-electron chi connectivity index (χ3n) is 10.1. The molecule has 5 rings (SSSR count). The van der Waals surface area contributed by atoms with Gasteiger partial charge in [-0.25, -0.2) is 0 Å². The van der Waals surface area contributed by atoms with Crippen molar-refractivity contribution in [1.82, 2.24) is 0 Å². The van der Waals surface area contributed by atoms with Gasteiger partial charge in [-0.15, -0.1) is 0 Å². The number of fused-ring (bicyclic) bond motifs is 6. The number of rotatable bonds is 1. The maximum atomic E-state index is 11.6. The molecule has 0 radical (unpaired) electrons. The van der Waals surface area contributed by atoms with Crippen LogP contribution in [-0.2, 0) is 13.7 Å². The largest absolute Gasteiger partial charge is 0.393 e. The third kappa shape index (κ3) is 2.93. The van der Waals surface area contributed by atoms with Gasteiger partial charge in [0, 0.05) is 17.3 Å². The average Bonchev–Trinajstić information content (AvgIpc) is 2.95. The van der Waals surface area contributed by atoms with E-state index in [4.69, 9.17) is 13.7 Å². The average molecular weight is 425 g/mol. The first-order valence-electron chi connectivity index (χ1n) is 11.9. The summed E-state index contributed by atoms with van der Waals surface area (Å²) in [4.78, 5) is 0. The predicted molar refractivity (Wildman–Crippen MR) is 115 cm³/mol. The molecule has 1 saturated heterocycles. The Morgan fingerprint density at radius 3 is 2.38 bits per heavy atom. The van der Waals surface area contributed by atoms with Gasteiger partial charge in [-0.3, -0.25) is 0 Å². The van der Waals surface area contributed by atoms with Crippen LogP contribution in [0.2, 0.25) is 0 Å². The Morgan fingerprint density at radius 1 is 0.966 bits per heavy atom. The minimum Gasteiger partial charge on any atom is -0.393 e. The quantitative estimate of drug-likeness (QED) is 0.459. The molecule has 0 aromatic rings. The summed E-state index contributed by atoms with van der Waals surface area (Å²) in [7, 11) is 0. The van der Waals surface area contributed by atoms with Gasteiger partial charge in [0.25, 0.3) is 0 Å². The second-order valence-electron chi connectivity index (χ2n) is 12.3.